The molecule has 10 heteroatoms. The van der Waals surface area contributed by atoms with Crippen molar-refractivity contribution in [1.29, 1.82) is 5.26 Å². The summed E-state index contributed by atoms with van der Waals surface area (Å²) in [6, 6.07) is 10.6. The number of hydrogen-bond acceptors (Lipinski definition) is 5. The number of carbonyl (C=O) groups is 1. The van der Waals surface area contributed by atoms with Crippen LogP contribution in [0.3, 0.4) is 0 Å². The summed E-state index contributed by atoms with van der Waals surface area (Å²) >= 11 is 0. The van der Waals surface area contributed by atoms with Crippen molar-refractivity contribution < 1.29 is 32.5 Å². The van der Waals surface area contributed by atoms with Crippen molar-refractivity contribution in [3.8, 4) is 11.8 Å². The molecule has 1 heterocycles. The van der Waals surface area contributed by atoms with Gasteiger partial charge in [-0.3, -0.25) is 4.79 Å². The van der Waals surface area contributed by atoms with Crippen molar-refractivity contribution in [3.63, 3.8) is 0 Å². The van der Waals surface area contributed by atoms with E-state index in [2.05, 4.69) is 10.2 Å². The van der Waals surface area contributed by atoms with Crippen LogP contribution in [0.5, 0.6) is 5.75 Å². The van der Waals surface area contributed by atoms with E-state index in [0.717, 1.165) is 12.1 Å². The summed E-state index contributed by atoms with van der Waals surface area (Å²) in [6.07, 6.45) is -5.91. The number of hydrogen-bond donors (Lipinski definition) is 2. The quantitative estimate of drug-likeness (QED) is 0.745. The number of anilines is 1. The van der Waals surface area contributed by atoms with Crippen LogP contribution in [-0.4, -0.2) is 35.9 Å². The van der Waals surface area contributed by atoms with Gasteiger partial charge in [0, 0.05) is 5.69 Å². The van der Waals surface area contributed by atoms with Crippen LogP contribution in [0, 0.1) is 17.9 Å². The van der Waals surface area contributed by atoms with Gasteiger partial charge in [-0.2, -0.15) is 18.4 Å². The Bertz CT molecular complexity index is 1040. The van der Waals surface area contributed by atoms with E-state index in [9.17, 15) is 23.1 Å². The number of nitriles is 1. The smallest absolute Gasteiger partial charge is 0.407 e. The van der Waals surface area contributed by atoms with Gasteiger partial charge in [0.2, 0.25) is 5.60 Å². The van der Waals surface area contributed by atoms with Crippen LogP contribution in [0.2, 0.25) is 0 Å². The van der Waals surface area contributed by atoms with E-state index in [1.54, 1.807) is 0 Å². The maximum atomic E-state index is 13.1. The third-order valence-electron chi connectivity index (χ3n) is 4.46. The minimum absolute atomic E-state index is 0.131. The number of aliphatic hydroxyl groups is 1. The number of carbonyl (C=O) groups excluding carboxylic acids is 1. The van der Waals surface area contributed by atoms with Crippen molar-refractivity contribution in [2.24, 2.45) is 0 Å². The minimum atomic E-state index is -4.78. The van der Waals surface area contributed by atoms with Crippen molar-refractivity contribution in [2.45, 2.75) is 17.9 Å². The molecule has 2 aromatic rings. The van der Waals surface area contributed by atoms with Crippen LogP contribution in [0.1, 0.15) is 11.1 Å². The van der Waals surface area contributed by atoms with Crippen LogP contribution in [0.4, 0.5) is 24.5 Å². The number of ether oxygens (including phenoxy) is 2. The van der Waals surface area contributed by atoms with Gasteiger partial charge in [0.1, 0.15) is 5.75 Å². The zero-order chi connectivity index (χ0) is 21.9. The second kappa shape index (κ2) is 8.03. The normalized spacial score (nSPS) is 20.8. The molecule has 0 radical (unpaired) electrons. The fourth-order valence-electron chi connectivity index (χ4n) is 2.85. The first kappa shape index (κ1) is 21.1. The highest BCUT2D eigenvalue weighted by molar-refractivity contribution is 5.98. The molecule has 0 spiro atoms. The zero-order valence-corrected chi connectivity index (χ0v) is 15.2. The third kappa shape index (κ3) is 4.20. The van der Waals surface area contributed by atoms with E-state index in [0.29, 0.717) is 11.6 Å². The molecule has 1 fully saturated rings. The number of rotatable bonds is 4. The van der Waals surface area contributed by atoms with Gasteiger partial charge in [-0.15, -0.1) is 0 Å². The molecule has 0 aromatic heterocycles. The van der Waals surface area contributed by atoms with Gasteiger partial charge in [0.05, 0.1) is 37.0 Å². The summed E-state index contributed by atoms with van der Waals surface area (Å²) in [7, 11) is 0. The van der Waals surface area contributed by atoms with Crippen molar-refractivity contribution >= 4 is 17.3 Å². The molecule has 2 N–H and O–H groups in total. The molecule has 2 aromatic carbocycles. The summed E-state index contributed by atoms with van der Waals surface area (Å²) in [5, 5.41) is 21.8. The number of nitrogens with zero attached hydrogens (tertiary/aromatic N) is 2. The van der Waals surface area contributed by atoms with Gasteiger partial charge in [-0.25, -0.2) is 4.85 Å². The maximum absolute atomic E-state index is 13.1. The number of benzene rings is 2. The third-order valence-corrected chi connectivity index (χ3v) is 4.46. The van der Waals surface area contributed by atoms with Gasteiger partial charge in [0.15, 0.2) is 11.8 Å². The monoisotopic (exact) mass is 417 g/mol. The lowest BCUT2D eigenvalue weighted by Crippen LogP contribution is -2.54. The SMILES string of the molecule is [C-]#[N+]c1ccc(NC(=O)C2(O)COCC2Oc2ccc(C#N)cc2)cc1C(F)(F)F. The maximum Gasteiger partial charge on any atom is 0.407 e. The van der Waals surface area contributed by atoms with Crippen LogP contribution >= 0.6 is 0 Å². The van der Waals surface area contributed by atoms with Gasteiger partial charge in [-0.05, 0) is 36.4 Å². The standard InChI is InChI=1S/C20H14F3N3O4/c1-25-16-7-4-13(8-15(16)20(21,22)23)26-18(27)19(28)11-29-10-17(19)30-14-5-2-12(9-24)3-6-14/h2-8,17,28H,10-11H2,(H,26,27). The van der Waals surface area contributed by atoms with Crippen molar-refractivity contribution in [3.05, 3.63) is 65.0 Å². The number of alkyl halides is 3. The van der Waals surface area contributed by atoms with E-state index in [4.69, 9.17) is 21.3 Å². The largest absolute Gasteiger partial charge is 0.484 e. The van der Waals surface area contributed by atoms with E-state index in [1.807, 2.05) is 6.07 Å². The Balaban J connectivity index is 1.79. The molecular formula is C20H14F3N3O4. The van der Waals surface area contributed by atoms with Crippen molar-refractivity contribution in [2.75, 3.05) is 18.5 Å². The first-order valence-corrected chi connectivity index (χ1v) is 8.54. The molecule has 3 rings (SSSR count). The lowest BCUT2D eigenvalue weighted by molar-refractivity contribution is -0.140. The average Bonchev–Trinajstić information content (AvgIpc) is 3.09. The lowest BCUT2D eigenvalue weighted by Gasteiger charge is -2.27. The molecule has 0 bridgehead atoms. The van der Waals surface area contributed by atoms with Crippen LogP contribution < -0.4 is 10.1 Å². The van der Waals surface area contributed by atoms with E-state index < -0.39 is 41.6 Å². The Kier molecular flexibility index (Phi) is 5.65. The average molecular weight is 417 g/mol. The molecule has 1 amide bonds. The minimum Gasteiger partial charge on any atom is -0.484 e. The Labute approximate surface area is 169 Å². The first-order chi connectivity index (χ1) is 14.2. The zero-order valence-electron chi connectivity index (χ0n) is 15.2. The summed E-state index contributed by atoms with van der Waals surface area (Å²) in [5.41, 5.74) is -3.82. The summed E-state index contributed by atoms with van der Waals surface area (Å²) in [5.74, 6) is -0.737. The second-order valence-corrected chi connectivity index (χ2v) is 6.48. The predicted octanol–water partition coefficient (Wildman–Crippen LogP) is 3.28. The Morgan fingerprint density at radius 1 is 1.33 bits per heavy atom. The molecule has 154 valence electrons. The van der Waals surface area contributed by atoms with E-state index >= 15 is 0 Å². The highest BCUT2D eigenvalue weighted by Crippen LogP contribution is 2.38. The highest BCUT2D eigenvalue weighted by atomic mass is 19.4. The van der Waals surface area contributed by atoms with E-state index in [-0.39, 0.29) is 18.0 Å². The molecule has 0 aliphatic carbocycles. The number of nitrogens with one attached hydrogen (secondary N) is 1. The van der Waals surface area contributed by atoms with Gasteiger partial charge in [-0.1, -0.05) is 6.07 Å². The van der Waals surface area contributed by atoms with E-state index in [1.165, 1.54) is 24.3 Å². The molecule has 2 unspecified atom stereocenters. The second-order valence-electron chi connectivity index (χ2n) is 6.48. The Hall–Kier alpha value is -3.60. The summed E-state index contributed by atoms with van der Waals surface area (Å²) in [6.45, 7) is 6.29. The molecule has 1 aliphatic rings. The van der Waals surface area contributed by atoms with Crippen LogP contribution in [0.15, 0.2) is 42.5 Å². The number of amides is 1. The Morgan fingerprint density at radius 3 is 2.63 bits per heavy atom. The van der Waals surface area contributed by atoms with Crippen molar-refractivity contribution in [1.82, 2.24) is 0 Å². The molecule has 7 nitrogen and oxygen atoms in total. The summed E-state index contributed by atoms with van der Waals surface area (Å²) < 4.78 is 50.1. The molecular weight excluding hydrogens is 403 g/mol. The molecule has 1 aliphatic heterocycles. The first-order valence-electron chi connectivity index (χ1n) is 8.54. The van der Waals surface area contributed by atoms with Gasteiger partial charge in [0.25, 0.3) is 5.91 Å². The molecule has 0 saturated carbocycles. The predicted molar refractivity (Wildman–Crippen MR) is 97.7 cm³/mol. The Morgan fingerprint density at radius 2 is 2.03 bits per heavy atom. The lowest BCUT2D eigenvalue weighted by atomic mass is 9.98. The van der Waals surface area contributed by atoms with Gasteiger partial charge < -0.3 is 19.9 Å². The van der Waals surface area contributed by atoms with Crippen LogP contribution in [0.25, 0.3) is 4.85 Å². The topological polar surface area (TPSA) is 95.9 Å². The fraction of sp³-hybridized carbons (Fsp3) is 0.250. The fourth-order valence-corrected chi connectivity index (χ4v) is 2.85. The highest BCUT2D eigenvalue weighted by Gasteiger charge is 2.51. The molecule has 2 atom stereocenters. The number of halogens is 3. The molecule has 1 saturated heterocycles. The van der Waals surface area contributed by atoms with Gasteiger partial charge >= 0.3 is 6.18 Å². The summed E-state index contributed by atoms with van der Waals surface area (Å²) in [4.78, 5) is 15.5. The molecule has 30 heavy (non-hydrogen) atoms. The van der Waals surface area contributed by atoms with Crippen LogP contribution in [-0.2, 0) is 15.7 Å².